The molecule has 1 saturated heterocycles. The van der Waals surface area contributed by atoms with Gasteiger partial charge < -0.3 is 9.84 Å². The summed E-state index contributed by atoms with van der Waals surface area (Å²) in [6.45, 7) is 4.63. The average molecular weight is 172 g/mol. The Morgan fingerprint density at radius 2 is 2.25 bits per heavy atom. The maximum absolute atomic E-state index is 11.3. The number of rotatable bonds is 2. The van der Waals surface area contributed by atoms with E-state index in [0.717, 1.165) is 0 Å². The lowest BCUT2D eigenvalue weighted by molar-refractivity contribution is -0.134. The van der Waals surface area contributed by atoms with Gasteiger partial charge in [-0.25, -0.2) is 0 Å². The van der Waals surface area contributed by atoms with Gasteiger partial charge in [-0.1, -0.05) is 6.92 Å². The van der Waals surface area contributed by atoms with Crippen LogP contribution >= 0.6 is 0 Å². The second kappa shape index (κ2) is 4.01. The Labute approximate surface area is 72.7 Å². The number of aliphatic hydroxyl groups excluding tert-OH is 1. The van der Waals surface area contributed by atoms with Crippen LogP contribution in [0.5, 0.6) is 0 Å². The third-order valence-corrected chi connectivity index (χ3v) is 2.60. The third kappa shape index (κ3) is 2.05. The van der Waals surface area contributed by atoms with Crippen molar-refractivity contribution in [3.63, 3.8) is 0 Å². The number of ether oxygens (including phenoxy) is 1. The van der Waals surface area contributed by atoms with E-state index in [-0.39, 0.29) is 17.6 Å². The first-order chi connectivity index (χ1) is 5.63. The summed E-state index contributed by atoms with van der Waals surface area (Å²) < 4.78 is 5.19. The standard InChI is InChI=1S/C9H16O3/c1-6(7(2)10)8-5-12-4-3-9(8)11/h6-8,10H,3-5H2,1-2H3. The molecule has 0 radical (unpaired) electrons. The third-order valence-electron chi connectivity index (χ3n) is 2.60. The number of ketones is 1. The van der Waals surface area contributed by atoms with Gasteiger partial charge in [0.15, 0.2) is 0 Å². The quantitative estimate of drug-likeness (QED) is 0.663. The van der Waals surface area contributed by atoms with Crippen LogP contribution in [0.2, 0.25) is 0 Å². The molecule has 3 unspecified atom stereocenters. The summed E-state index contributed by atoms with van der Waals surface area (Å²) >= 11 is 0. The molecule has 1 aliphatic heterocycles. The Balaban J connectivity index is 2.53. The summed E-state index contributed by atoms with van der Waals surface area (Å²) in [4.78, 5) is 11.3. The molecule has 3 heteroatoms. The van der Waals surface area contributed by atoms with E-state index in [1.807, 2.05) is 6.92 Å². The van der Waals surface area contributed by atoms with Crippen LogP contribution in [0.4, 0.5) is 0 Å². The highest BCUT2D eigenvalue weighted by Crippen LogP contribution is 2.21. The highest BCUT2D eigenvalue weighted by atomic mass is 16.5. The minimum absolute atomic E-state index is 0.0119. The predicted octanol–water partition coefficient (Wildman–Crippen LogP) is 0.609. The zero-order valence-corrected chi connectivity index (χ0v) is 7.62. The topological polar surface area (TPSA) is 46.5 Å². The first-order valence-corrected chi connectivity index (χ1v) is 4.41. The smallest absolute Gasteiger partial charge is 0.140 e. The maximum Gasteiger partial charge on any atom is 0.140 e. The minimum atomic E-state index is -0.430. The number of Topliss-reactive ketones (excluding diaryl/α,β-unsaturated/α-hetero) is 1. The van der Waals surface area contributed by atoms with Crippen molar-refractivity contribution in [2.24, 2.45) is 11.8 Å². The fourth-order valence-corrected chi connectivity index (χ4v) is 1.44. The fraction of sp³-hybridized carbons (Fsp3) is 0.889. The number of hydrogen-bond acceptors (Lipinski definition) is 3. The van der Waals surface area contributed by atoms with Crippen LogP contribution in [0.15, 0.2) is 0 Å². The van der Waals surface area contributed by atoms with Gasteiger partial charge in [0.2, 0.25) is 0 Å². The molecule has 1 rings (SSSR count). The zero-order chi connectivity index (χ0) is 9.14. The molecule has 3 nitrogen and oxygen atoms in total. The molecule has 0 aromatic rings. The summed E-state index contributed by atoms with van der Waals surface area (Å²) in [6.07, 6.45) is 0.0718. The van der Waals surface area contributed by atoms with Gasteiger partial charge in [0.05, 0.1) is 19.3 Å². The van der Waals surface area contributed by atoms with Crippen LogP contribution in [0.1, 0.15) is 20.3 Å². The van der Waals surface area contributed by atoms with Gasteiger partial charge in [0.1, 0.15) is 5.78 Å². The largest absolute Gasteiger partial charge is 0.393 e. The molecule has 70 valence electrons. The average Bonchev–Trinajstić information content (AvgIpc) is 2.04. The molecule has 0 aliphatic carbocycles. The first kappa shape index (κ1) is 9.68. The maximum atomic E-state index is 11.3. The van der Waals surface area contributed by atoms with Crippen LogP contribution < -0.4 is 0 Å². The van der Waals surface area contributed by atoms with Gasteiger partial charge in [-0.3, -0.25) is 4.79 Å². The lowest BCUT2D eigenvalue weighted by atomic mass is 9.85. The van der Waals surface area contributed by atoms with Crippen molar-refractivity contribution in [2.45, 2.75) is 26.4 Å². The van der Waals surface area contributed by atoms with Gasteiger partial charge in [-0.15, -0.1) is 0 Å². The Bertz CT molecular complexity index is 165. The van der Waals surface area contributed by atoms with Gasteiger partial charge >= 0.3 is 0 Å². The highest BCUT2D eigenvalue weighted by Gasteiger charge is 2.30. The Morgan fingerprint density at radius 3 is 2.75 bits per heavy atom. The molecule has 12 heavy (non-hydrogen) atoms. The van der Waals surface area contributed by atoms with E-state index in [1.165, 1.54) is 0 Å². The second-order valence-corrected chi connectivity index (χ2v) is 3.50. The summed E-state index contributed by atoms with van der Waals surface area (Å²) in [5.74, 6) is 0.145. The molecule has 0 spiro atoms. The molecular weight excluding hydrogens is 156 g/mol. The van der Waals surface area contributed by atoms with Crippen molar-refractivity contribution in [3.05, 3.63) is 0 Å². The Morgan fingerprint density at radius 1 is 1.58 bits per heavy atom. The van der Waals surface area contributed by atoms with Gasteiger partial charge in [-0.05, 0) is 12.8 Å². The number of carbonyl (C=O) groups is 1. The van der Waals surface area contributed by atoms with E-state index >= 15 is 0 Å². The molecule has 1 heterocycles. The summed E-state index contributed by atoms with van der Waals surface area (Å²) in [5, 5.41) is 9.28. The number of hydrogen-bond donors (Lipinski definition) is 1. The van der Waals surface area contributed by atoms with E-state index in [0.29, 0.717) is 19.6 Å². The van der Waals surface area contributed by atoms with Crippen LogP contribution in [-0.4, -0.2) is 30.2 Å². The predicted molar refractivity (Wildman–Crippen MR) is 44.8 cm³/mol. The lowest BCUT2D eigenvalue weighted by Crippen LogP contribution is -2.36. The van der Waals surface area contributed by atoms with Crippen molar-refractivity contribution in [2.75, 3.05) is 13.2 Å². The number of aliphatic hydroxyl groups is 1. The molecule has 0 bridgehead atoms. The van der Waals surface area contributed by atoms with Crippen LogP contribution in [-0.2, 0) is 9.53 Å². The second-order valence-electron chi connectivity index (χ2n) is 3.50. The van der Waals surface area contributed by atoms with E-state index in [4.69, 9.17) is 4.74 Å². The minimum Gasteiger partial charge on any atom is -0.393 e. The van der Waals surface area contributed by atoms with Crippen molar-refractivity contribution in [3.8, 4) is 0 Å². The molecule has 0 aromatic carbocycles. The van der Waals surface area contributed by atoms with Crippen molar-refractivity contribution < 1.29 is 14.6 Å². The van der Waals surface area contributed by atoms with Gasteiger partial charge in [0, 0.05) is 12.3 Å². The molecule has 1 N–H and O–H groups in total. The molecule has 0 amide bonds. The monoisotopic (exact) mass is 172 g/mol. The summed E-state index contributed by atoms with van der Waals surface area (Å²) in [7, 11) is 0. The molecule has 1 fully saturated rings. The Hall–Kier alpha value is -0.410. The zero-order valence-electron chi connectivity index (χ0n) is 7.62. The SMILES string of the molecule is CC(O)C(C)C1COCCC1=O. The fourth-order valence-electron chi connectivity index (χ4n) is 1.44. The highest BCUT2D eigenvalue weighted by molar-refractivity contribution is 5.82. The summed E-state index contributed by atoms with van der Waals surface area (Å²) in [6, 6.07) is 0. The van der Waals surface area contributed by atoms with Gasteiger partial charge in [-0.2, -0.15) is 0 Å². The van der Waals surface area contributed by atoms with Gasteiger partial charge in [0.25, 0.3) is 0 Å². The molecular formula is C9H16O3. The van der Waals surface area contributed by atoms with E-state index in [2.05, 4.69) is 0 Å². The van der Waals surface area contributed by atoms with Crippen molar-refractivity contribution in [1.82, 2.24) is 0 Å². The lowest BCUT2D eigenvalue weighted by Gasteiger charge is -2.28. The first-order valence-electron chi connectivity index (χ1n) is 4.41. The Kier molecular flexibility index (Phi) is 3.23. The van der Waals surface area contributed by atoms with Crippen molar-refractivity contribution in [1.29, 1.82) is 0 Å². The summed E-state index contributed by atoms with van der Waals surface area (Å²) in [5.41, 5.74) is 0. The number of carbonyl (C=O) groups excluding carboxylic acids is 1. The van der Waals surface area contributed by atoms with Crippen LogP contribution in [0.3, 0.4) is 0 Å². The molecule has 0 aromatic heterocycles. The van der Waals surface area contributed by atoms with E-state index in [9.17, 15) is 9.90 Å². The normalized spacial score (nSPS) is 29.9. The van der Waals surface area contributed by atoms with E-state index < -0.39 is 6.10 Å². The van der Waals surface area contributed by atoms with Crippen molar-refractivity contribution >= 4 is 5.78 Å². The van der Waals surface area contributed by atoms with Crippen LogP contribution in [0.25, 0.3) is 0 Å². The molecule has 0 saturated carbocycles. The van der Waals surface area contributed by atoms with Crippen LogP contribution in [0, 0.1) is 11.8 Å². The molecule has 3 atom stereocenters. The van der Waals surface area contributed by atoms with E-state index in [1.54, 1.807) is 6.92 Å². The molecule has 1 aliphatic rings.